The first kappa shape index (κ1) is 14.7. The zero-order valence-electron chi connectivity index (χ0n) is 12.1. The van der Waals surface area contributed by atoms with Crippen molar-refractivity contribution >= 4 is 11.7 Å². The lowest BCUT2D eigenvalue weighted by Gasteiger charge is -2.32. The van der Waals surface area contributed by atoms with Crippen molar-refractivity contribution in [2.24, 2.45) is 4.99 Å². The molecule has 2 rings (SSSR count). The van der Waals surface area contributed by atoms with Gasteiger partial charge in [-0.3, -0.25) is 4.79 Å². The lowest BCUT2D eigenvalue weighted by atomic mass is 10.1. The smallest absolute Gasteiger partial charge is 0.222 e. The van der Waals surface area contributed by atoms with Crippen LogP contribution < -0.4 is 5.32 Å². The summed E-state index contributed by atoms with van der Waals surface area (Å²) in [5, 5.41) is 2.63. The van der Waals surface area contributed by atoms with Crippen LogP contribution in [0.15, 0.2) is 29.7 Å². The molecular formula is C14H21N3O3. The van der Waals surface area contributed by atoms with Gasteiger partial charge in [-0.05, 0) is 12.5 Å². The van der Waals surface area contributed by atoms with Crippen LogP contribution >= 0.6 is 0 Å². The van der Waals surface area contributed by atoms with Crippen molar-refractivity contribution in [3.63, 3.8) is 0 Å². The van der Waals surface area contributed by atoms with Gasteiger partial charge in [-0.1, -0.05) is 13.5 Å². The average Bonchev–Trinajstić information content (AvgIpc) is 2.81. The van der Waals surface area contributed by atoms with Crippen molar-refractivity contribution in [2.75, 3.05) is 7.11 Å². The van der Waals surface area contributed by atoms with E-state index in [-0.39, 0.29) is 24.3 Å². The second-order valence-electron chi connectivity index (χ2n) is 4.88. The van der Waals surface area contributed by atoms with Gasteiger partial charge in [-0.25, -0.2) is 4.99 Å². The predicted octanol–water partition coefficient (Wildman–Crippen LogP) is 1.36. The molecule has 3 atom stereocenters. The van der Waals surface area contributed by atoms with Crippen LogP contribution in [0.2, 0.25) is 0 Å². The Kier molecular flexibility index (Phi) is 4.57. The summed E-state index contributed by atoms with van der Waals surface area (Å²) in [5.74, 6) is 0.852. The van der Waals surface area contributed by atoms with Gasteiger partial charge in [0.2, 0.25) is 5.91 Å². The van der Waals surface area contributed by atoms with E-state index < -0.39 is 0 Å². The highest BCUT2D eigenvalue weighted by Crippen LogP contribution is 2.30. The molecule has 1 amide bonds. The number of amidine groups is 1. The van der Waals surface area contributed by atoms with Gasteiger partial charge in [0.05, 0.1) is 6.10 Å². The highest BCUT2D eigenvalue weighted by molar-refractivity contribution is 6.04. The van der Waals surface area contributed by atoms with E-state index in [0.29, 0.717) is 11.7 Å². The van der Waals surface area contributed by atoms with E-state index in [4.69, 9.17) is 9.47 Å². The number of hydrogen-bond donors (Lipinski definition) is 1. The predicted molar refractivity (Wildman–Crippen MR) is 75.7 cm³/mol. The Morgan fingerprint density at radius 3 is 3.00 bits per heavy atom. The molecule has 6 heteroatoms. The zero-order valence-corrected chi connectivity index (χ0v) is 12.1. The van der Waals surface area contributed by atoms with Gasteiger partial charge in [-0.2, -0.15) is 0 Å². The zero-order chi connectivity index (χ0) is 14.7. The number of nitrogens with one attached hydrogen (secondary N) is 1. The molecule has 20 heavy (non-hydrogen) atoms. The largest absolute Gasteiger partial charge is 0.377 e. The topological polar surface area (TPSA) is 63.2 Å². The van der Waals surface area contributed by atoms with E-state index in [2.05, 4.69) is 23.8 Å². The minimum absolute atomic E-state index is 0.0149. The second kappa shape index (κ2) is 6.19. The summed E-state index contributed by atoms with van der Waals surface area (Å²) in [6.07, 6.45) is 5.29. The summed E-state index contributed by atoms with van der Waals surface area (Å²) >= 11 is 0. The van der Waals surface area contributed by atoms with Crippen molar-refractivity contribution in [1.82, 2.24) is 10.2 Å². The Labute approximate surface area is 119 Å². The van der Waals surface area contributed by atoms with Crippen LogP contribution in [0.3, 0.4) is 0 Å². The molecule has 0 unspecified atom stereocenters. The van der Waals surface area contributed by atoms with Crippen molar-refractivity contribution in [3.05, 3.63) is 24.7 Å². The van der Waals surface area contributed by atoms with Crippen LogP contribution in [0.1, 0.15) is 26.7 Å². The van der Waals surface area contributed by atoms with E-state index in [1.54, 1.807) is 13.2 Å². The quantitative estimate of drug-likeness (QED) is 0.847. The van der Waals surface area contributed by atoms with Gasteiger partial charge in [0.25, 0.3) is 0 Å². The Balaban J connectivity index is 2.08. The molecule has 2 aliphatic rings. The minimum Gasteiger partial charge on any atom is -0.377 e. The van der Waals surface area contributed by atoms with Crippen molar-refractivity contribution < 1.29 is 14.3 Å². The molecule has 6 nitrogen and oxygen atoms in total. The molecule has 1 fully saturated rings. The fourth-order valence-corrected chi connectivity index (χ4v) is 2.39. The van der Waals surface area contributed by atoms with Gasteiger partial charge in [0, 0.05) is 26.7 Å². The molecule has 0 aromatic rings. The Morgan fingerprint density at radius 1 is 1.70 bits per heavy atom. The number of aliphatic imine (C=N–C) groups is 1. The molecule has 0 aromatic heterocycles. The number of rotatable bonds is 3. The first-order chi connectivity index (χ1) is 9.55. The fraction of sp³-hybridized carbons (Fsp3) is 0.571. The highest BCUT2D eigenvalue weighted by Gasteiger charge is 2.39. The van der Waals surface area contributed by atoms with E-state index in [1.807, 2.05) is 11.1 Å². The van der Waals surface area contributed by atoms with E-state index in [9.17, 15) is 4.79 Å². The number of ether oxygens (including phenoxy) is 2. The standard InChI is InChI=1S/C14H21N3O3/c1-5-11-8-12(19-4)14(20-11)17-7-6-13(15-9(17)2)16-10(3)18/h6-7,11-12,14H,2,5,8H2,1,3-4H3,(H,15,16,18)/t11-,12+,14-/m1/s1. The van der Waals surface area contributed by atoms with Gasteiger partial charge in [-0.15, -0.1) is 0 Å². The molecule has 0 aliphatic carbocycles. The molecule has 0 spiro atoms. The molecule has 0 aromatic carbocycles. The van der Waals surface area contributed by atoms with Gasteiger partial charge >= 0.3 is 0 Å². The van der Waals surface area contributed by atoms with Crippen LogP contribution in [0, 0.1) is 0 Å². The summed E-state index contributed by atoms with van der Waals surface area (Å²) in [7, 11) is 1.68. The molecule has 1 saturated heterocycles. The number of carbonyl (C=O) groups is 1. The van der Waals surface area contributed by atoms with Crippen LogP contribution in [0.5, 0.6) is 0 Å². The maximum absolute atomic E-state index is 11.0. The van der Waals surface area contributed by atoms with Crippen LogP contribution in [0.25, 0.3) is 0 Å². The molecule has 2 heterocycles. The van der Waals surface area contributed by atoms with Gasteiger partial charge < -0.3 is 19.7 Å². The third kappa shape index (κ3) is 3.08. The molecule has 110 valence electrons. The van der Waals surface area contributed by atoms with Crippen LogP contribution in [-0.4, -0.2) is 42.2 Å². The molecule has 0 radical (unpaired) electrons. The van der Waals surface area contributed by atoms with E-state index in [1.165, 1.54) is 6.92 Å². The maximum Gasteiger partial charge on any atom is 0.222 e. The first-order valence-corrected chi connectivity index (χ1v) is 6.75. The molecular weight excluding hydrogens is 258 g/mol. The second-order valence-corrected chi connectivity index (χ2v) is 4.88. The third-order valence-corrected chi connectivity index (χ3v) is 3.42. The molecule has 0 bridgehead atoms. The summed E-state index contributed by atoms with van der Waals surface area (Å²) in [5.41, 5.74) is 0. The Morgan fingerprint density at radius 2 is 2.45 bits per heavy atom. The Bertz CT molecular complexity index is 459. The highest BCUT2D eigenvalue weighted by atomic mass is 16.6. The summed E-state index contributed by atoms with van der Waals surface area (Å²) in [4.78, 5) is 17.1. The number of methoxy groups -OCH3 is 1. The van der Waals surface area contributed by atoms with Crippen molar-refractivity contribution in [3.8, 4) is 0 Å². The third-order valence-electron chi connectivity index (χ3n) is 3.42. The van der Waals surface area contributed by atoms with Crippen LogP contribution in [-0.2, 0) is 14.3 Å². The van der Waals surface area contributed by atoms with Gasteiger partial charge in [0.15, 0.2) is 6.23 Å². The number of amides is 1. The first-order valence-electron chi connectivity index (χ1n) is 6.75. The van der Waals surface area contributed by atoms with E-state index in [0.717, 1.165) is 12.8 Å². The summed E-state index contributed by atoms with van der Waals surface area (Å²) in [6, 6.07) is 0. The van der Waals surface area contributed by atoms with Crippen molar-refractivity contribution in [1.29, 1.82) is 0 Å². The monoisotopic (exact) mass is 279 g/mol. The van der Waals surface area contributed by atoms with Crippen molar-refractivity contribution in [2.45, 2.75) is 45.1 Å². The lowest BCUT2D eigenvalue weighted by Crippen LogP contribution is -2.40. The SMILES string of the molecule is C=C1N=C(NC(C)=O)C=CN1[C@@H]1O[C@H](CC)C[C@@H]1OC. The fourth-order valence-electron chi connectivity index (χ4n) is 2.39. The maximum atomic E-state index is 11.0. The molecule has 0 saturated carbocycles. The van der Waals surface area contributed by atoms with Crippen LogP contribution in [0.4, 0.5) is 0 Å². The summed E-state index contributed by atoms with van der Waals surface area (Å²) in [6.45, 7) is 7.45. The Hall–Kier alpha value is -1.66. The summed E-state index contributed by atoms with van der Waals surface area (Å²) < 4.78 is 11.5. The lowest BCUT2D eigenvalue weighted by molar-refractivity contribution is -0.117. The van der Waals surface area contributed by atoms with Gasteiger partial charge in [0.1, 0.15) is 17.8 Å². The molecule has 1 N–H and O–H groups in total. The molecule has 2 aliphatic heterocycles. The minimum atomic E-state index is -0.226. The van der Waals surface area contributed by atoms with E-state index >= 15 is 0 Å². The number of nitrogens with zero attached hydrogens (tertiary/aromatic N) is 2. The number of hydrogen-bond acceptors (Lipinski definition) is 5. The number of carbonyl (C=O) groups excluding carboxylic acids is 1. The average molecular weight is 279 g/mol. The normalized spacial score (nSPS) is 29.6.